The first-order chi connectivity index (χ1) is 10.6. The van der Waals surface area contributed by atoms with Crippen molar-refractivity contribution in [3.8, 4) is 0 Å². The summed E-state index contributed by atoms with van der Waals surface area (Å²) in [5.74, 6) is 0.495. The average molecular weight is 371 g/mol. The molecule has 1 fully saturated rings. The molecule has 1 aliphatic rings. The third-order valence-corrected chi connectivity index (χ3v) is 4.74. The molecular formula is C13H14ClF3N2O3S. The highest BCUT2D eigenvalue weighted by atomic mass is 35.5. The van der Waals surface area contributed by atoms with Crippen LogP contribution in [0.4, 0.5) is 19.0 Å². The predicted molar refractivity (Wildman–Crippen MR) is 80.6 cm³/mol. The minimum absolute atomic E-state index is 0.122. The Morgan fingerprint density at radius 3 is 2.48 bits per heavy atom. The molecule has 0 atom stereocenters. The summed E-state index contributed by atoms with van der Waals surface area (Å²) in [5, 5.41) is 0.393. The van der Waals surface area contributed by atoms with Crippen LogP contribution in [0.2, 0.25) is 5.02 Å². The van der Waals surface area contributed by atoms with Gasteiger partial charge < -0.3 is 4.90 Å². The molecule has 0 bridgehead atoms. The molecule has 2 rings (SSSR count). The van der Waals surface area contributed by atoms with Crippen LogP contribution in [0.1, 0.15) is 18.4 Å². The Bertz CT molecular complexity index is 686. The number of piperidine rings is 1. The molecule has 1 aliphatic heterocycles. The zero-order valence-electron chi connectivity index (χ0n) is 11.9. The van der Waals surface area contributed by atoms with Gasteiger partial charge in [0.1, 0.15) is 5.82 Å². The molecule has 10 heteroatoms. The van der Waals surface area contributed by atoms with Gasteiger partial charge in [-0.3, -0.25) is 4.18 Å². The van der Waals surface area contributed by atoms with E-state index in [2.05, 4.69) is 15.7 Å². The van der Waals surface area contributed by atoms with Crippen molar-refractivity contribution >= 4 is 33.6 Å². The van der Waals surface area contributed by atoms with Gasteiger partial charge in [-0.2, -0.15) is 21.6 Å². The van der Waals surface area contributed by atoms with Gasteiger partial charge in [0.05, 0.1) is 11.1 Å². The fourth-order valence-electron chi connectivity index (χ4n) is 2.19. The summed E-state index contributed by atoms with van der Waals surface area (Å²) >= 11 is 6.12. The van der Waals surface area contributed by atoms with E-state index in [0.717, 1.165) is 5.56 Å². The topological polar surface area (TPSA) is 59.5 Å². The quantitative estimate of drug-likeness (QED) is 0.601. The van der Waals surface area contributed by atoms with E-state index in [-0.39, 0.29) is 25.9 Å². The molecule has 1 aromatic heterocycles. The highest BCUT2D eigenvalue weighted by molar-refractivity contribution is 7.87. The number of nitrogens with zero attached hydrogens (tertiary/aromatic N) is 2. The van der Waals surface area contributed by atoms with Crippen molar-refractivity contribution < 1.29 is 25.8 Å². The molecule has 0 unspecified atom stereocenters. The van der Waals surface area contributed by atoms with Gasteiger partial charge in [0, 0.05) is 19.3 Å². The molecule has 0 aromatic carbocycles. The van der Waals surface area contributed by atoms with E-state index in [1.807, 2.05) is 0 Å². The Morgan fingerprint density at radius 1 is 1.39 bits per heavy atom. The summed E-state index contributed by atoms with van der Waals surface area (Å²) < 4.78 is 63.1. The number of rotatable bonds is 4. The van der Waals surface area contributed by atoms with Crippen LogP contribution in [-0.4, -0.2) is 38.1 Å². The standard InChI is InChI=1S/C13H14ClF3N2O3S/c1-2-9-7-11(14)12(18-8-9)19-5-3-10(4-6-19)22-23(20,21)13(15,16)17/h2,7-8,10H,1,3-6H2. The molecule has 0 saturated carbocycles. The van der Waals surface area contributed by atoms with Crippen LogP contribution in [0.15, 0.2) is 18.8 Å². The van der Waals surface area contributed by atoms with Crippen LogP contribution in [-0.2, 0) is 14.3 Å². The average Bonchev–Trinajstić information content (AvgIpc) is 2.46. The molecule has 0 N–H and O–H groups in total. The Hall–Kier alpha value is -1.32. The maximum atomic E-state index is 12.3. The molecule has 2 heterocycles. The number of pyridine rings is 1. The summed E-state index contributed by atoms with van der Waals surface area (Å²) in [7, 11) is -5.57. The van der Waals surface area contributed by atoms with Gasteiger partial charge in [0.2, 0.25) is 0 Å². The summed E-state index contributed by atoms with van der Waals surface area (Å²) in [4.78, 5) is 5.97. The Labute approximate surface area is 136 Å². The van der Waals surface area contributed by atoms with E-state index in [1.54, 1.807) is 23.2 Å². The van der Waals surface area contributed by atoms with Crippen LogP contribution in [0.5, 0.6) is 0 Å². The maximum Gasteiger partial charge on any atom is 0.523 e. The SMILES string of the molecule is C=Cc1cnc(N2CCC(OS(=O)(=O)C(F)(F)F)CC2)c(Cl)c1. The van der Waals surface area contributed by atoms with Gasteiger partial charge in [0.25, 0.3) is 0 Å². The summed E-state index contributed by atoms with van der Waals surface area (Å²) in [6.45, 7) is 4.18. The predicted octanol–water partition coefficient (Wildman–Crippen LogP) is 3.21. The van der Waals surface area contributed by atoms with Crippen LogP contribution in [0, 0.1) is 0 Å². The van der Waals surface area contributed by atoms with Crippen molar-refractivity contribution in [2.75, 3.05) is 18.0 Å². The molecule has 128 valence electrons. The van der Waals surface area contributed by atoms with Crippen molar-refractivity contribution in [2.24, 2.45) is 0 Å². The molecule has 0 aliphatic carbocycles. The Kier molecular flexibility index (Phi) is 5.22. The highest BCUT2D eigenvalue weighted by Gasteiger charge is 2.48. The Balaban J connectivity index is 2.00. The van der Waals surface area contributed by atoms with Gasteiger partial charge in [-0.1, -0.05) is 24.3 Å². The van der Waals surface area contributed by atoms with Gasteiger partial charge in [0.15, 0.2) is 0 Å². The number of aromatic nitrogens is 1. The molecular weight excluding hydrogens is 357 g/mol. The lowest BCUT2D eigenvalue weighted by molar-refractivity contribution is -0.0580. The van der Waals surface area contributed by atoms with E-state index in [4.69, 9.17) is 11.6 Å². The van der Waals surface area contributed by atoms with Gasteiger partial charge in [-0.05, 0) is 24.5 Å². The molecule has 0 spiro atoms. The van der Waals surface area contributed by atoms with Crippen molar-refractivity contribution in [3.63, 3.8) is 0 Å². The van der Waals surface area contributed by atoms with E-state index < -0.39 is 21.7 Å². The third-order valence-electron chi connectivity index (χ3n) is 3.37. The lowest BCUT2D eigenvalue weighted by atomic mass is 10.1. The molecule has 0 amide bonds. The van der Waals surface area contributed by atoms with E-state index in [1.165, 1.54) is 0 Å². The van der Waals surface area contributed by atoms with Crippen LogP contribution in [0.25, 0.3) is 6.08 Å². The first kappa shape index (κ1) is 18.0. The van der Waals surface area contributed by atoms with E-state index in [0.29, 0.717) is 10.8 Å². The smallest absolute Gasteiger partial charge is 0.355 e. The zero-order valence-corrected chi connectivity index (χ0v) is 13.5. The molecule has 1 aromatic rings. The number of alkyl halides is 3. The summed E-state index contributed by atoms with van der Waals surface area (Å²) in [6, 6.07) is 1.67. The Morgan fingerprint density at radius 2 is 2.00 bits per heavy atom. The monoisotopic (exact) mass is 370 g/mol. The number of halogens is 4. The van der Waals surface area contributed by atoms with Crippen LogP contribution < -0.4 is 4.90 Å². The first-order valence-corrected chi connectivity index (χ1v) is 8.45. The first-order valence-electron chi connectivity index (χ1n) is 6.66. The fraction of sp³-hybridized carbons (Fsp3) is 0.462. The highest BCUT2D eigenvalue weighted by Crippen LogP contribution is 2.31. The molecule has 0 radical (unpaired) electrons. The second-order valence-electron chi connectivity index (χ2n) is 4.96. The van der Waals surface area contributed by atoms with Crippen LogP contribution in [0.3, 0.4) is 0 Å². The molecule has 5 nitrogen and oxygen atoms in total. The second kappa shape index (κ2) is 6.66. The minimum atomic E-state index is -5.57. The lowest BCUT2D eigenvalue weighted by Crippen LogP contribution is -2.40. The van der Waals surface area contributed by atoms with E-state index >= 15 is 0 Å². The largest absolute Gasteiger partial charge is 0.523 e. The van der Waals surface area contributed by atoms with Crippen molar-refractivity contribution in [2.45, 2.75) is 24.5 Å². The lowest BCUT2D eigenvalue weighted by Gasteiger charge is -2.32. The fourth-order valence-corrected chi connectivity index (χ4v) is 3.14. The van der Waals surface area contributed by atoms with Gasteiger partial charge in [-0.15, -0.1) is 0 Å². The zero-order chi connectivity index (χ0) is 17.3. The number of hydrogen-bond donors (Lipinski definition) is 0. The summed E-state index contributed by atoms with van der Waals surface area (Å²) in [6.07, 6.45) is 2.40. The second-order valence-corrected chi connectivity index (χ2v) is 6.93. The van der Waals surface area contributed by atoms with Gasteiger partial charge >= 0.3 is 15.6 Å². The number of hydrogen-bond acceptors (Lipinski definition) is 5. The van der Waals surface area contributed by atoms with E-state index in [9.17, 15) is 21.6 Å². The molecule has 1 saturated heterocycles. The number of anilines is 1. The normalized spacial score (nSPS) is 17.3. The van der Waals surface area contributed by atoms with Crippen molar-refractivity contribution in [3.05, 3.63) is 29.4 Å². The van der Waals surface area contributed by atoms with Crippen molar-refractivity contribution in [1.29, 1.82) is 0 Å². The van der Waals surface area contributed by atoms with Crippen LogP contribution >= 0.6 is 11.6 Å². The summed E-state index contributed by atoms with van der Waals surface area (Å²) in [5.41, 5.74) is -4.66. The third kappa shape index (κ3) is 4.15. The molecule has 23 heavy (non-hydrogen) atoms. The van der Waals surface area contributed by atoms with Crippen molar-refractivity contribution in [1.82, 2.24) is 4.98 Å². The van der Waals surface area contributed by atoms with Gasteiger partial charge in [-0.25, -0.2) is 4.98 Å². The maximum absolute atomic E-state index is 12.3. The minimum Gasteiger partial charge on any atom is -0.355 e.